The zero-order chi connectivity index (χ0) is 34.2. The number of carbonyl (C=O) groups is 5. The molecule has 4 unspecified atom stereocenters. The summed E-state index contributed by atoms with van der Waals surface area (Å²) >= 11 is 12.0. The number of carbonyl (C=O) groups excluding carboxylic acids is 5. The van der Waals surface area contributed by atoms with Gasteiger partial charge in [-0.1, -0.05) is 67.4 Å². The van der Waals surface area contributed by atoms with E-state index in [4.69, 9.17) is 46.9 Å². The van der Waals surface area contributed by atoms with E-state index < -0.39 is 77.9 Å². The minimum absolute atomic E-state index is 0.0553. The smallest absolute Gasteiger partial charge is 0.346 e. The predicted octanol–water partition coefficient (Wildman–Crippen LogP) is 4.02. The van der Waals surface area contributed by atoms with Gasteiger partial charge in [0, 0.05) is 18.5 Å². The molecule has 3 aromatic rings. The second-order valence-corrected chi connectivity index (χ2v) is 11.5. The molecule has 13 nitrogen and oxygen atoms in total. The van der Waals surface area contributed by atoms with Gasteiger partial charge in [0.25, 0.3) is 5.91 Å². The van der Waals surface area contributed by atoms with Crippen molar-refractivity contribution in [3.8, 4) is 11.5 Å². The number of hydrogen-bond acceptors (Lipinski definition) is 12. The van der Waals surface area contributed by atoms with Gasteiger partial charge in [-0.05, 0) is 25.0 Å². The van der Waals surface area contributed by atoms with Crippen LogP contribution in [0.3, 0.4) is 0 Å². The summed E-state index contributed by atoms with van der Waals surface area (Å²) in [5.41, 5.74) is 0.0974. The van der Waals surface area contributed by atoms with Crippen molar-refractivity contribution in [1.82, 2.24) is 15.3 Å². The number of nitrogens with zero attached hydrogens (tertiary/aromatic N) is 2. The third-order valence-electron chi connectivity index (χ3n) is 6.99. The number of hydrogen-bond donors (Lipinski definition) is 1. The fourth-order valence-corrected chi connectivity index (χ4v) is 4.88. The Balaban J connectivity index is 1.61. The summed E-state index contributed by atoms with van der Waals surface area (Å²) in [7, 11) is 1.27. The van der Waals surface area contributed by atoms with Gasteiger partial charge >= 0.3 is 23.9 Å². The highest BCUT2D eigenvalue weighted by Gasteiger charge is 2.42. The van der Waals surface area contributed by atoms with Gasteiger partial charge in [0.2, 0.25) is 5.75 Å². The lowest BCUT2D eigenvalue weighted by Crippen LogP contribution is -2.47. The minimum atomic E-state index is -1.53. The Hall–Kier alpha value is -4.75. The van der Waals surface area contributed by atoms with Crippen LogP contribution in [0.1, 0.15) is 47.2 Å². The quantitative estimate of drug-likeness (QED) is 0.195. The Morgan fingerprint density at radius 3 is 2.47 bits per heavy atom. The van der Waals surface area contributed by atoms with Crippen molar-refractivity contribution in [1.29, 1.82) is 0 Å². The van der Waals surface area contributed by atoms with Crippen molar-refractivity contribution < 1.29 is 47.7 Å². The molecule has 1 aliphatic heterocycles. The number of ether oxygens (including phenoxy) is 5. The molecule has 1 fully saturated rings. The van der Waals surface area contributed by atoms with Gasteiger partial charge in [-0.2, -0.15) is 0 Å². The summed E-state index contributed by atoms with van der Waals surface area (Å²) in [6, 6.07) is 10.0. The van der Waals surface area contributed by atoms with Crippen LogP contribution in [0.15, 0.2) is 54.9 Å². The van der Waals surface area contributed by atoms with E-state index in [1.807, 2.05) is 6.07 Å². The minimum Gasteiger partial charge on any atom is -0.493 e. The number of nitrogens with one attached hydrogen (secondary N) is 1. The SMILES string of the molecule is COc1ccnc(C(=O)NC2COC(=O)C(Cc3ccccc3)C(OC(=O)C(C)C)C(C)OC2=O)c1OC(=O)c1cc(Cl)cnc1Cl. The van der Waals surface area contributed by atoms with E-state index in [1.165, 1.54) is 38.6 Å². The summed E-state index contributed by atoms with van der Waals surface area (Å²) in [6.45, 7) is 4.10. The summed E-state index contributed by atoms with van der Waals surface area (Å²) in [5, 5.41) is 2.31. The number of halogens is 2. The van der Waals surface area contributed by atoms with E-state index in [1.54, 1.807) is 38.1 Å². The lowest BCUT2D eigenvalue weighted by Gasteiger charge is -2.29. The number of amides is 1. The molecule has 0 saturated carbocycles. The monoisotopic (exact) mass is 687 g/mol. The van der Waals surface area contributed by atoms with Crippen molar-refractivity contribution >= 4 is 53.0 Å². The number of cyclic esters (lactones) is 2. The summed E-state index contributed by atoms with van der Waals surface area (Å²) in [6.07, 6.45) is 0.240. The maximum Gasteiger partial charge on any atom is 0.346 e. The molecule has 0 radical (unpaired) electrons. The van der Waals surface area contributed by atoms with Crippen LogP contribution in [-0.4, -0.2) is 71.7 Å². The molecule has 3 heterocycles. The van der Waals surface area contributed by atoms with Crippen LogP contribution in [0.25, 0.3) is 0 Å². The molecule has 1 aromatic carbocycles. The second-order valence-electron chi connectivity index (χ2n) is 10.7. The summed E-state index contributed by atoms with van der Waals surface area (Å²) in [5.74, 6) is -6.43. The van der Waals surface area contributed by atoms with E-state index in [-0.39, 0.29) is 27.9 Å². The largest absolute Gasteiger partial charge is 0.493 e. The van der Waals surface area contributed by atoms with Crippen LogP contribution in [0, 0.1) is 11.8 Å². The molecule has 0 aliphatic carbocycles. The first-order valence-electron chi connectivity index (χ1n) is 14.4. The summed E-state index contributed by atoms with van der Waals surface area (Å²) in [4.78, 5) is 73.8. The van der Waals surface area contributed by atoms with Gasteiger partial charge in [0.15, 0.2) is 23.6 Å². The van der Waals surface area contributed by atoms with Crippen LogP contribution in [0.2, 0.25) is 10.2 Å². The molecule has 4 atom stereocenters. The number of pyridine rings is 2. The van der Waals surface area contributed by atoms with Crippen LogP contribution in [0.5, 0.6) is 11.5 Å². The Bertz CT molecular complexity index is 1650. The molecule has 47 heavy (non-hydrogen) atoms. The van der Waals surface area contributed by atoms with Gasteiger partial charge in [-0.25, -0.2) is 19.6 Å². The summed E-state index contributed by atoms with van der Waals surface area (Å²) < 4.78 is 27.5. The third kappa shape index (κ3) is 8.74. The van der Waals surface area contributed by atoms with Crippen LogP contribution in [0.4, 0.5) is 0 Å². The van der Waals surface area contributed by atoms with Gasteiger partial charge in [0.05, 0.1) is 23.6 Å². The first-order valence-corrected chi connectivity index (χ1v) is 15.1. The Morgan fingerprint density at radius 1 is 1.06 bits per heavy atom. The maximum atomic E-state index is 13.5. The second kappa shape index (κ2) is 15.7. The van der Waals surface area contributed by atoms with Gasteiger partial charge in [-0.15, -0.1) is 0 Å². The van der Waals surface area contributed by atoms with Crippen LogP contribution >= 0.6 is 23.2 Å². The van der Waals surface area contributed by atoms with Crippen LogP contribution < -0.4 is 14.8 Å². The topological polar surface area (TPSA) is 169 Å². The highest BCUT2D eigenvalue weighted by Crippen LogP contribution is 2.32. The highest BCUT2D eigenvalue weighted by atomic mass is 35.5. The normalized spacial score (nSPS) is 19.7. The molecule has 0 spiro atoms. The fraction of sp³-hybridized carbons (Fsp3) is 0.344. The van der Waals surface area contributed by atoms with E-state index in [9.17, 15) is 24.0 Å². The third-order valence-corrected chi connectivity index (χ3v) is 7.50. The number of methoxy groups -OCH3 is 1. The lowest BCUT2D eigenvalue weighted by atomic mass is 9.91. The average molecular weight is 689 g/mol. The maximum absolute atomic E-state index is 13.5. The molecule has 1 amide bonds. The number of rotatable bonds is 9. The predicted molar refractivity (Wildman–Crippen MR) is 166 cm³/mol. The number of esters is 4. The number of benzene rings is 1. The van der Waals surface area contributed by atoms with Gasteiger partial charge in [-0.3, -0.25) is 14.4 Å². The lowest BCUT2D eigenvalue weighted by molar-refractivity contribution is -0.176. The van der Waals surface area contributed by atoms with Crippen molar-refractivity contribution in [2.75, 3.05) is 13.7 Å². The molecule has 1 N–H and O–H groups in total. The molecule has 248 valence electrons. The first-order chi connectivity index (χ1) is 22.4. The molecular weight excluding hydrogens is 657 g/mol. The Labute approximate surface area is 279 Å². The molecule has 15 heteroatoms. The van der Waals surface area contributed by atoms with E-state index >= 15 is 0 Å². The average Bonchev–Trinajstić information content (AvgIpc) is 3.08. The molecule has 4 rings (SSSR count). The molecule has 1 saturated heterocycles. The van der Waals surface area contributed by atoms with Crippen molar-refractivity contribution in [3.63, 3.8) is 0 Å². The molecule has 1 aliphatic rings. The Kier molecular flexibility index (Phi) is 11.7. The van der Waals surface area contributed by atoms with Gasteiger partial charge in [0.1, 0.15) is 23.8 Å². The van der Waals surface area contributed by atoms with E-state index in [2.05, 4.69) is 15.3 Å². The standard InChI is InChI=1S/C32H31Cl2N3O10/c1-16(2)29(39)46-25-17(3)45-32(42)22(15-44-30(40)20(25)12-18-8-6-5-7-9-18)37-28(38)24-26(23(43-4)10-11-35-24)47-31(41)21-13-19(33)14-36-27(21)34/h5-11,13-14,16-17,20,22,25H,12,15H2,1-4H3,(H,37,38). The van der Waals surface area contributed by atoms with Gasteiger partial charge < -0.3 is 29.0 Å². The number of aromatic nitrogens is 2. The first kappa shape index (κ1) is 35.1. The Morgan fingerprint density at radius 2 is 1.79 bits per heavy atom. The van der Waals surface area contributed by atoms with Crippen molar-refractivity contribution in [2.24, 2.45) is 11.8 Å². The molecule has 2 aromatic heterocycles. The van der Waals surface area contributed by atoms with E-state index in [0.29, 0.717) is 0 Å². The van der Waals surface area contributed by atoms with E-state index in [0.717, 1.165) is 5.56 Å². The van der Waals surface area contributed by atoms with Crippen molar-refractivity contribution in [2.45, 2.75) is 45.4 Å². The fourth-order valence-electron chi connectivity index (χ4n) is 4.54. The molecular formula is C32H31Cl2N3O10. The van der Waals surface area contributed by atoms with Crippen molar-refractivity contribution in [3.05, 3.63) is 81.9 Å². The van der Waals surface area contributed by atoms with Crippen LogP contribution in [-0.2, 0) is 35.0 Å². The zero-order valence-corrected chi connectivity index (χ0v) is 27.2. The zero-order valence-electron chi connectivity index (χ0n) is 25.7. The highest BCUT2D eigenvalue weighted by molar-refractivity contribution is 6.34. The molecule has 0 bridgehead atoms.